The second-order valence-corrected chi connectivity index (χ2v) is 17.2. The van der Waals surface area contributed by atoms with Crippen LogP contribution >= 0.6 is 11.8 Å². The Morgan fingerprint density at radius 1 is 0.274 bits per heavy atom. The van der Waals surface area contributed by atoms with E-state index >= 15 is 0 Å². The van der Waals surface area contributed by atoms with E-state index in [0.717, 1.165) is 39.2 Å². The van der Waals surface area contributed by atoms with Gasteiger partial charge in [-0.05, 0) is 91.0 Å². The van der Waals surface area contributed by atoms with Gasteiger partial charge >= 0.3 is 0 Å². The van der Waals surface area contributed by atoms with Crippen molar-refractivity contribution < 1.29 is 0 Å². The molecule has 0 bridgehead atoms. The number of rotatable bonds is 6. The summed E-state index contributed by atoms with van der Waals surface area (Å²) in [6.45, 7) is 0. The van der Waals surface area contributed by atoms with E-state index in [0.29, 0.717) is 5.82 Å². The van der Waals surface area contributed by atoms with Crippen LogP contribution in [0.25, 0.3) is 78.4 Å². The van der Waals surface area contributed by atoms with E-state index < -0.39 is 5.41 Å². The Morgan fingerprint density at radius 2 is 0.710 bits per heavy atom. The highest BCUT2D eigenvalue weighted by atomic mass is 32.2. The lowest BCUT2D eigenvalue weighted by Gasteiger charge is -2.39. The van der Waals surface area contributed by atoms with Crippen molar-refractivity contribution in [2.24, 2.45) is 0 Å². The molecule has 1 spiro atoms. The molecule has 0 amide bonds. The van der Waals surface area contributed by atoms with Crippen molar-refractivity contribution in [3.8, 4) is 78.4 Å². The first-order valence-corrected chi connectivity index (χ1v) is 22.0. The Balaban J connectivity index is 0.965. The minimum absolute atomic E-state index is 0.392. The van der Waals surface area contributed by atoms with E-state index in [1.165, 1.54) is 65.4 Å². The van der Waals surface area contributed by atoms with Gasteiger partial charge in [0.15, 0.2) is 5.82 Å². The molecule has 12 rings (SSSR count). The quantitative estimate of drug-likeness (QED) is 0.167. The van der Waals surface area contributed by atoms with Crippen LogP contribution < -0.4 is 0 Å². The van der Waals surface area contributed by atoms with Crippen LogP contribution in [0.2, 0.25) is 0 Å². The van der Waals surface area contributed by atoms with E-state index in [1.807, 2.05) is 17.8 Å². The average Bonchev–Trinajstić information content (AvgIpc) is 3.65. The molecule has 2 heterocycles. The fourth-order valence-corrected chi connectivity index (χ4v) is 10.9. The predicted octanol–water partition coefficient (Wildman–Crippen LogP) is 15.3. The molecule has 62 heavy (non-hydrogen) atoms. The van der Waals surface area contributed by atoms with Crippen molar-refractivity contribution >= 4 is 11.8 Å². The summed E-state index contributed by atoms with van der Waals surface area (Å²) < 4.78 is 0. The molecule has 2 aliphatic rings. The van der Waals surface area contributed by atoms with Gasteiger partial charge in [0.1, 0.15) is 0 Å². The molecular formula is C59H38N2S. The van der Waals surface area contributed by atoms with Crippen LogP contribution in [-0.2, 0) is 5.41 Å². The fraction of sp³-hybridized carbons (Fsp3) is 0.0169. The van der Waals surface area contributed by atoms with E-state index in [4.69, 9.17) is 9.97 Å². The maximum absolute atomic E-state index is 5.27. The van der Waals surface area contributed by atoms with Gasteiger partial charge in [-0.3, -0.25) is 0 Å². The van der Waals surface area contributed by atoms with Crippen LogP contribution in [0.15, 0.2) is 240 Å². The predicted molar refractivity (Wildman–Crippen MR) is 256 cm³/mol. The average molecular weight is 807 g/mol. The zero-order valence-electron chi connectivity index (χ0n) is 33.7. The van der Waals surface area contributed by atoms with Crippen molar-refractivity contribution in [2.45, 2.75) is 15.2 Å². The topological polar surface area (TPSA) is 25.8 Å². The van der Waals surface area contributed by atoms with Crippen molar-refractivity contribution in [2.75, 3.05) is 0 Å². The largest absolute Gasteiger partial charge is 0.228 e. The molecule has 290 valence electrons. The molecule has 0 saturated heterocycles. The highest BCUT2D eigenvalue weighted by Crippen LogP contribution is 2.62. The molecule has 2 nitrogen and oxygen atoms in total. The van der Waals surface area contributed by atoms with Crippen LogP contribution in [-0.4, -0.2) is 9.97 Å². The van der Waals surface area contributed by atoms with Crippen molar-refractivity contribution in [1.82, 2.24) is 9.97 Å². The van der Waals surface area contributed by atoms with Crippen LogP contribution in [0.3, 0.4) is 0 Å². The van der Waals surface area contributed by atoms with Crippen LogP contribution in [0.4, 0.5) is 0 Å². The zero-order chi connectivity index (χ0) is 41.0. The highest BCUT2D eigenvalue weighted by Gasteiger charge is 2.50. The first kappa shape index (κ1) is 36.3. The summed E-state index contributed by atoms with van der Waals surface area (Å²) >= 11 is 1.88. The summed E-state index contributed by atoms with van der Waals surface area (Å²) in [5.74, 6) is 0.695. The minimum atomic E-state index is -0.392. The zero-order valence-corrected chi connectivity index (χ0v) is 34.6. The molecule has 0 radical (unpaired) electrons. The summed E-state index contributed by atoms with van der Waals surface area (Å²) in [7, 11) is 0. The third kappa shape index (κ3) is 5.96. The van der Waals surface area contributed by atoms with Gasteiger partial charge in [-0.25, -0.2) is 9.97 Å². The third-order valence-electron chi connectivity index (χ3n) is 12.6. The number of fused-ring (bicyclic) bond motifs is 9. The molecule has 0 N–H and O–H groups in total. The van der Waals surface area contributed by atoms with Gasteiger partial charge in [-0.15, -0.1) is 0 Å². The maximum Gasteiger partial charge on any atom is 0.160 e. The van der Waals surface area contributed by atoms with Crippen molar-refractivity contribution in [1.29, 1.82) is 0 Å². The molecule has 0 fully saturated rings. The molecule has 3 heteroatoms. The molecular weight excluding hydrogens is 769 g/mol. The van der Waals surface area contributed by atoms with E-state index in [2.05, 4.69) is 224 Å². The second kappa shape index (κ2) is 14.8. The summed E-state index contributed by atoms with van der Waals surface area (Å²) in [5.41, 5.74) is 19.5. The van der Waals surface area contributed by atoms with E-state index in [1.54, 1.807) is 0 Å². The number of aromatic nitrogens is 2. The van der Waals surface area contributed by atoms with Gasteiger partial charge < -0.3 is 0 Å². The molecule has 10 aromatic rings. The fourth-order valence-electron chi connectivity index (χ4n) is 9.68. The monoisotopic (exact) mass is 806 g/mol. The van der Waals surface area contributed by atoms with Gasteiger partial charge in [0.05, 0.1) is 16.8 Å². The Morgan fingerprint density at radius 3 is 1.35 bits per heavy atom. The lowest BCUT2D eigenvalue weighted by molar-refractivity contribution is 0.722. The first-order valence-electron chi connectivity index (χ1n) is 21.1. The van der Waals surface area contributed by atoms with Gasteiger partial charge in [0.2, 0.25) is 0 Å². The van der Waals surface area contributed by atoms with Gasteiger partial charge in [0, 0.05) is 26.5 Å². The Labute approximate surface area is 366 Å². The Kier molecular flexibility index (Phi) is 8.69. The summed E-state index contributed by atoms with van der Waals surface area (Å²) in [6.07, 6.45) is 0. The van der Waals surface area contributed by atoms with Gasteiger partial charge in [0.25, 0.3) is 0 Å². The Bertz CT molecular complexity index is 3150. The Hall–Kier alpha value is -7.59. The van der Waals surface area contributed by atoms with Crippen LogP contribution in [0.1, 0.15) is 22.3 Å². The summed E-state index contributed by atoms with van der Waals surface area (Å²) in [4.78, 5) is 13.1. The molecule has 9 aromatic carbocycles. The molecule has 1 aromatic heterocycles. The molecule has 1 aliphatic carbocycles. The van der Waals surface area contributed by atoms with Crippen molar-refractivity contribution in [3.05, 3.63) is 253 Å². The lowest BCUT2D eigenvalue weighted by Crippen LogP contribution is -2.31. The minimum Gasteiger partial charge on any atom is -0.228 e. The number of hydrogen-bond donors (Lipinski definition) is 0. The second-order valence-electron chi connectivity index (χ2n) is 16.1. The molecule has 0 saturated carbocycles. The number of benzene rings is 9. The number of nitrogens with zero attached hydrogens (tertiary/aromatic N) is 2. The van der Waals surface area contributed by atoms with Gasteiger partial charge in [-0.2, -0.15) is 0 Å². The normalized spacial score (nSPS) is 12.9. The van der Waals surface area contributed by atoms with E-state index in [9.17, 15) is 0 Å². The smallest absolute Gasteiger partial charge is 0.160 e. The van der Waals surface area contributed by atoms with Gasteiger partial charge in [-0.1, -0.05) is 218 Å². The third-order valence-corrected chi connectivity index (χ3v) is 13.7. The SMILES string of the molecule is c1ccc(-c2ccc(-c3cc(-c4cccc(-c5ccc6c(c5)Sc5ccccc5C65c6ccccc6-c6ccccc65)c4)nc(-c4ccc(-c5ccccc5)cc4)n3)cc2)cc1. The van der Waals surface area contributed by atoms with Crippen LogP contribution in [0, 0.1) is 0 Å². The highest BCUT2D eigenvalue weighted by molar-refractivity contribution is 7.99. The maximum atomic E-state index is 5.27. The molecule has 0 atom stereocenters. The first-order chi connectivity index (χ1) is 30.7. The standard InChI is InChI=1S/C59H38N2S/c1-3-14-39(15-4-1)41-26-30-43(31-27-41)54-38-55(61-58(60-54)44-32-28-42(29-33-44)40-16-5-2-6-17-40)47-19-13-18-45(36-47)46-34-35-53-57(37-46)62-56-25-12-11-24-52(56)59(53)50-22-9-7-20-48(50)49-21-8-10-23-51(49)59/h1-38H. The summed E-state index contributed by atoms with van der Waals surface area (Å²) in [6, 6.07) is 83.3. The molecule has 0 unspecified atom stereocenters. The number of hydrogen-bond acceptors (Lipinski definition) is 3. The van der Waals surface area contributed by atoms with Crippen molar-refractivity contribution in [3.63, 3.8) is 0 Å². The van der Waals surface area contributed by atoms with Crippen LogP contribution in [0.5, 0.6) is 0 Å². The molecule has 1 aliphatic heterocycles. The summed E-state index contributed by atoms with van der Waals surface area (Å²) in [5, 5.41) is 0. The van der Waals surface area contributed by atoms with E-state index in [-0.39, 0.29) is 0 Å². The lowest BCUT2D eigenvalue weighted by atomic mass is 9.67.